The highest BCUT2D eigenvalue weighted by atomic mass is 35.5. The van der Waals surface area contributed by atoms with Crippen molar-refractivity contribution in [3.05, 3.63) is 70.8 Å². The molecule has 0 aliphatic carbocycles. The molecule has 9 heteroatoms. The fourth-order valence-electron chi connectivity index (χ4n) is 2.36. The Morgan fingerprint density at radius 2 is 1.96 bits per heavy atom. The van der Waals surface area contributed by atoms with Crippen molar-refractivity contribution in [2.75, 3.05) is 6.61 Å². The number of oxazole rings is 1. The Morgan fingerprint density at radius 3 is 2.59 bits per heavy atom. The molecule has 0 bridgehead atoms. The van der Waals surface area contributed by atoms with Crippen molar-refractivity contribution in [3.8, 4) is 17.0 Å². The minimum Gasteiger partial charge on any atom is -0.475 e. The third-order valence-corrected chi connectivity index (χ3v) is 3.93. The largest absolute Gasteiger partial charge is 0.475 e. The maximum absolute atomic E-state index is 14.3. The first-order valence-corrected chi connectivity index (χ1v) is 8.05. The number of hydrogen-bond acceptors (Lipinski definition) is 5. The smallest absolute Gasteiger partial charge is 0.254 e. The van der Waals surface area contributed by atoms with Gasteiger partial charge < -0.3 is 20.0 Å². The van der Waals surface area contributed by atoms with E-state index in [1.165, 1.54) is 6.26 Å². The van der Waals surface area contributed by atoms with Gasteiger partial charge in [-0.2, -0.15) is 0 Å². The number of aliphatic hydroxyl groups is 1. The Morgan fingerprint density at radius 1 is 1.26 bits per heavy atom. The third-order valence-electron chi connectivity index (χ3n) is 3.67. The van der Waals surface area contributed by atoms with Crippen LogP contribution in [0.1, 0.15) is 22.4 Å². The van der Waals surface area contributed by atoms with Gasteiger partial charge in [0.15, 0.2) is 17.7 Å². The van der Waals surface area contributed by atoms with Crippen LogP contribution in [0, 0.1) is 11.6 Å². The number of amides is 1. The van der Waals surface area contributed by atoms with Crippen LogP contribution >= 0.6 is 11.6 Å². The summed E-state index contributed by atoms with van der Waals surface area (Å²) < 4.78 is 38.5. The number of ether oxygens (including phenoxy) is 1. The molecular weight excluding hydrogens is 382 g/mol. The van der Waals surface area contributed by atoms with Crippen LogP contribution in [0.5, 0.6) is 5.75 Å². The van der Waals surface area contributed by atoms with E-state index in [0.29, 0.717) is 16.3 Å². The van der Waals surface area contributed by atoms with Crippen LogP contribution in [0.3, 0.4) is 0 Å². The van der Waals surface area contributed by atoms with Crippen molar-refractivity contribution in [2.45, 2.75) is 6.10 Å². The van der Waals surface area contributed by atoms with E-state index < -0.39 is 41.6 Å². The van der Waals surface area contributed by atoms with Crippen LogP contribution in [-0.2, 0) is 0 Å². The Labute approximate surface area is 157 Å². The molecule has 6 nitrogen and oxygen atoms in total. The van der Waals surface area contributed by atoms with Crippen molar-refractivity contribution < 1.29 is 27.8 Å². The fourth-order valence-corrected chi connectivity index (χ4v) is 2.48. The predicted molar refractivity (Wildman–Crippen MR) is 92.3 cm³/mol. The Hall–Kier alpha value is -2.97. The van der Waals surface area contributed by atoms with Gasteiger partial charge in [0.1, 0.15) is 23.3 Å². The number of carbonyl (C=O) groups is 1. The molecule has 0 saturated heterocycles. The molecule has 1 heterocycles. The van der Waals surface area contributed by atoms with Gasteiger partial charge in [-0.3, -0.25) is 4.79 Å². The van der Waals surface area contributed by atoms with Crippen LogP contribution in [0.2, 0.25) is 5.02 Å². The van der Waals surface area contributed by atoms with Gasteiger partial charge in [-0.25, -0.2) is 13.8 Å². The van der Waals surface area contributed by atoms with E-state index in [0.717, 1.165) is 12.1 Å². The molecular formula is C18H13ClF2N2O4. The number of rotatable bonds is 6. The van der Waals surface area contributed by atoms with E-state index >= 15 is 0 Å². The minimum atomic E-state index is -1.28. The van der Waals surface area contributed by atoms with E-state index in [-0.39, 0.29) is 5.89 Å². The van der Waals surface area contributed by atoms with E-state index in [1.54, 1.807) is 24.3 Å². The molecule has 1 atom stereocenters. The number of primary amides is 1. The highest BCUT2D eigenvalue weighted by Crippen LogP contribution is 2.29. The zero-order valence-electron chi connectivity index (χ0n) is 13.7. The average Bonchev–Trinajstić information content (AvgIpc) is 3.11. The van der Waals surface area contributed by atoms with Crippen LogP contribution in [0.25, 0.3) is 11.3 Å². The first-order chi connectivity index (χ1) is 12.9. The van der Waals surface area contributed by atoms with Gasteiger partial charge in [0.05, 0.1) is 6.61 Å². The molecule has 0 radical (unpaired) electrons. The molecule has 0 aliphatic rings. The first-order valence-electron chi connectivity index (χ1n) is 7.67. The lowest BCUT2D eigenvalue weighted by Crippen LogP contribution is -2.18. The lowest BCUT2D eigenvalue weighted by molar-refractivity contribution is 0.0887. The molecule has 0 aliphatic heterocycles. The predicted octanol–water partition coefficient (Wildman–Crippen LogP) is 3.48. The zero-order chi connectivity index (χ0) is 19.6. The number of benzene rings is 2. The molecule has 0 saturated carbocycles. The van der Waals surface area contributed by atoms with E-state index in [1.807, 2.05) is 0 Å². The molecule has 3 N–H and O–H groups in total. The van der Waals surface area contributed by atoms with E-state index in [2.05, 4.69) is 4.98 Å². The average molecular weight is 395 g/mol. The number of nitrogens with two attached hydrogens (primary N) is 1. The van der Waals surface area contributed by atoms with E-state index in [9.17, 15) is 18.7 Å². The van der Waals surface area contributed by atoms with Gasteiger partial charge in [-0.1, -0.05) is 23.7 Å². The Kier molecular flexibility index (Phi) is 5.38. The second-order valence-electron chi connectivity index (χ2n) is 5.47. The summed E-state index contributed by atoms with van der Waals surface area (Å²) in [5, 5.41) is 10.1. The molecule has 1 unspecified atom stereocenters. The molecule has 3 aromatic rings. The van der Waals surface area contributed by atoms with Gasteiger partial charge in [-0.05, 0) is 24.3 Å². The second-order valence-corrected chi connectivity index (χ2v) is 5.90. The monoisotopic (exact) mass is 394 g/mol. The van der Waals surface area contributed by atoms with Gasteiger partial charge in [0.25, 0.3) is 5.91 Å². The van der Waals surface area contributed by atoms with Crippen LogP contribution < -0.4 is 10.5 Å². The highest BCUT2D eigenvalue weighted by molar-refractivity contribution is 6.30. The minimum absolute atomic E-state index is 0.0354. The quantitative estimate of drug-likeness (QED) is 0.666. The van der Waals surface area contributed by atoms with Gasteiger partial charge in [0.2, 0.25) is 5.89 Å². The molecule has 3 rings (SSSR count). The summed E-state index contributed by atoms with van der Waals surface area (Å²) in [7, 11) is 0. The number of nitrogens with zero attached hydrogens (tertiary/aromatic N) is 1. The summed E-state index contributed by atoms with van der Waals surface area (Å²) in [6, 6.07) is 8.59. The summed E-state index contributed by atoms with van der Waals surface area (Å²) in [4.78, 5) is 15.4. The summed E-state index contributed by atoms with van der Waals surface area (Å²) in [5.41, 5.74) is 5.19. The highest BCUT2D eigenvalue weighted by Gasteiger charge is 2.24. The number of aromatic nitrogens is 1. The summed E-state index contributed by atoms with van der Waals surface area (Å²) in [5.74, 6) is -4.18. The van der Waals surface area contributed by atoms with Gasteiger partial charge >= 0.3 is 0 Å². The van der Waals surface area contributed by atoms with Crippen molar-refractivity contribution in [1.29, 1.82) is 0 Å². The maximum Gasteiger partial charge on any atom is 0.254 e. The van der Waals surface area contributed by atoms with Crippen LogP contribution in [0.4, 0.5) is 8.78 Å². The number of aliphatic hydroxyl groups excluding tert-OH is 1. The second kappa shape index (κ2) is 7.73. The van der Waals surface area contributed by atoms with Gasteiger partial charge in [0, 0.05) is 10.6 Å². The summed E-state index contributed by atoms with van der Waals surface area (Å²) in [6.07, 6.45) is 0.146. The van der Waals surface area contributed by atoms with Crippen molar-refractivity contribution >= 4 is 17.5 Å². The van der Waals surface area contributed by atoms with Crippen LogP contribution in [-0.4, -0.2) is 22.6 Å². The molecule has 0 spiro atoms. The number of hydrogen-bond donors (Lipinski definition) is 2. The molecule has 0 fully saturated rings. The molecule has 1 aromatic heterocycles. The number of halogens is 3. The standard InChI is InChI=1S/C18H13ClF2N2O4/c19-10-3-1-9(2-4-10)12-8-26-18(23-12)14(7-24)27-13-6-5-11(20)15(16(13)21)17(22)25/h1-6,8,14,24H,7H2,(H2,22,25). The molecule has 1 amide bonds. The van der Waals surface area contributed by atoms with Crippen molar-refractivity contribution in [3.63, 3.8) is 0 Å². The lowest BCUT2D eigenvalue weighted by Gasteiger charge is -2.15. The normalized spacial score (nSPS) is 12.0. The molecule has 140 valence electrons. The first kappa shape index (κ1) is 18.8. The fraction of sp³-hybridized carbons (Fsp3) is 0.111. The van der Waals surface area contributed by atoms with E-state index in [4.69, 9.17) is 26.5 Å². The summed E-state index contributed by atoms with van der Waals surface area (Å²) in [6.45, 7) is -0.608. The molecule has 2 aromatic carbocycles. The topological polar surface area (TPSA) is 98.6 Å². The van der Waals surface area contributed by atoms with Gasteiger partial charge in [-0.15, -0.1) is 0 Å². The number of carbonyl (C=O) groups excluding carboxylic acids is 1. The lowest BCUT2D eigenvalue weighted by atomic mass is 10.1. The maximum atomic E-state index is 14.3. The zero-order valence-corrected chi connectivity index (χ0v) is 14.4. The Balaban J connectivity index is 1.88. The Bertz CT molecular complexity index is 976. The van der Waals surface area contributed by atoms with Crippen molar-refractivity contribution in [1.82, 2.24) is 4.98 Å². The molecule has 27 heavy (non-hydrogen) atoms. The SMILES string of the molecule is NC(=O)c1c(F)ccc(OC(CO)c2nc(-c3ccc(Cl)cc3)co2)c1F. The van der Waals surface area contributed by atoms with Crippen molar-refractivity contribution in [2.24, 2.45) is 5.73 Å². The van der Waals surface area contributed by atoms with Crippen LogP contribution in [0.15, 0.2) is 47.1 Å². The third kappa shape index (κ3) is 3.91. The summed E-state index contributed by atoms with van der Waals surface area (Å²) >= 11 is 5.84.